The molecule has 0 amide bonds. The average molecular weight is 488 g/mol. The smallest absolute Gasteiger partial charge is 0.243 e. The lowest BCUT2D eigenvalue weighted by Gasteiger charge is -2.23. The molecule has 5 rings (SSSR count). The molecule has 2 N–H and O–H groups in total. The van der Waals surface area contributed by atoms with E-state index in [0.29, 0.717) is 25.1 Å². The Morgan fingerprint density at radius 3 is 2.80 bits per heavy atom. The summed E-state index contributed by atoms with van der Waals surface area (Å²) in [7, 11) is -2.22. The molecular formula is C26H25N5O3S. The minimum Gasteiger partial charge on any atom is -0.391 e. The van der Waals surface area contributed by atoms with E-state index in [1.54, 1.807) is 49.8 Å². The van der Waals surface area contributed by atoms with E-state index in [0.717, 1.165) is 33.4 Å². The SMILES string of the molecule is CN(Cc1cccnc1)S(=O)(=O)c1ccc(N2CC[C@H](O)C2)c(-c2cc3ccc(C#N)cc3[nH]2)c1. The number of nitrogens with one attached hydrogen (secondary N) is 1. The van der Waals surface area contributed by atoms with Gasteiger partial charge in [0.1, 0.15) is 0 Å². The summed E-state index contributed by atoms with van der Waals surface area (Å²) in [5, 5.41) is 20.3. The van der Waals surface area contributed by atoms with Crippen LogP contribution in [0.2, 0.25) is 0 Å². The van der Waals surface area contributed by atoms with E-state index < -0.39 is 16.1 Å². The number of pyridine rings is 1. The molecule has 2 aromatic carbocycles. The van der Waals surface area contributed by atoms with E-state index in [4.69, 9.17) is 0 Å². The minimum absolute atomic E-state index is 0.179. The molecule has 0 bridgehead atoms. The van der Waals surface area contributed by atoms with E-state index in [2.05, 4.69) is 20.9 Å². The van der Waals surface area contributed by atoms with Crippen LogP contribution in [0.1, 0.15) is 17.5 Å². The molecule has 2 aromatic heterocycles. The third kappa shape index (κ3) is 4.51. The highest BCUT2D eigenvalue weighted by Crippen LogP contribution is 2.36. The number of hydrogen-bond donors (Lipinski definition) is 2. The van der Waals surface area contributed by atoms with Crippen LogP contribution < -0.4 is 4.90 Å². The maximum absolute atomic E-state index is 13.5. The molecule has 9 heteroatoms. The molecule has 35 heavy (non-hydrogen) atoms. The maximum Gasteiger partial charge on any atom is 0.243 e. The molecule has 4 aromatic rings. The molecule has 0 aliphatic carbocycles. The van der Waals surface area contributed by atoms with Gasteiger partial charge in [-0.2, -0.15) is 9.57 Å². The van der Waals surface area contributed by atoms with Crippen LogP contribution in [-0.4, -0.2) is 54.0 Å². The van der Waals surface area contributed by atoms with Crippen LogP contribution in [0.15, 0.2) is 71.9 Å². The Balaban J connectivity index is 1.58. The Bertz CT molecular complexity index is 1530. The van der Waals surface area contributed by atoms with Crippen LogP contribution in [0.3, 0.4) is 0 Å². The fraction of sp³-hybridized carbons (Fsp3) is 0.231. The number of rotatable bonds is 6. The van der Waals surface area contributed by atoms with E-state index in [1.807, 2.05) is 24.3 Å². The van der Waals surface area contributed by atoms with Crippen molar-refractivity contribution in [2.75, 3.05) is 25.0 Å². The Kier molecular flexibility index (Phi) is 6.03. The Labute approximate surface area is 204 Å². The van der Waals surface area contributed by atoms with E-state index in [-0.39, 0.29) is 11.4 Å². The van der Waals surface area contributed by atoms with Crippen molar-refractivity contribution in [2.24, 2.45) is 0 Å². The van der Waals surface area contributed by atoms with Crippen LogP contribution >= 0.6 is 0 Å². The number of H-pyrrole nitrogens is 1. The van der Waals surface area contributed by atoms with Crippen molar-refractivity contribution in [1.29, 1.82) is 5.26 Å². The van der Waals surface area contributed by atoms with Gasteiger partial charge in [0.05, 0.1) is 22.6 Å². The Morgan fingerprint density at radius 2 is 2.09 bits per heavy atom. The first-order valence-electron chi connectivity index (χ1n) is 11.3. The summed E-state index contributed by atoms with van der Waals surface area (Å²) in [5.41, 5.74) is 4.46. The maximum atomic E-state index is 13.5. The average Bonchev–Trinajstić information content (AvgIpc) is 3.49. The topological polar surface area (TPSA) is 113 Å². The van der Waals surface area contributed by atoms with Gasteiger partial charge in [0.25, 0.3) is 0 Å². The van der Waals surface area contributed by atoms with Gasteiger partial charge in [-0.15, -0.1) is 0 Å². The second kappa shape index (κ2) is 9.15. The van der Waals surface area contributed by atoms with Crippen molar-refractivity contribution in [1.82, 2.24) is 14.3 Å². The zero-order valence-electron chi connectivity index (χ0n) is 19.2. The lowest BCUT2D eigenvalue weighted by atomic mass is 10.1. The van der Waals surface area contributed by atoms with Crippen LogP contribution in [0.4, 0.5) is 5.69 Å². The van der Waals surface area contributed by atoms with E-state index in [1.165, 1.54) is 4.31 Å². The molecule has 178 valence electrons. The molecule has 0 unspecified atom stereocenters. The van der Waals surface area contributed by atoms with Crippen molar-refractivity contribution in [3.8, 4) is 17.3 Å². The normalized spacial score (nSPS) is 16.2. The van der Waals surface area contributed by atoms with Gasteiger partial charge >= 0.3 is 0 Å². The number of nitrogens with zero attached hydrogens (tertiary/aromatic N) is 4. The number of aliphatic hydroxyl groups excluding tert-OH is 1. The van der Waals surface area contributed by atoms with Gasteiger partial charge in [-0.25, -0.2) is 8.42 Å². The predicted octanol–water partition coefficient (Wildman–Crippen LogP) is 3.49. The number of aliphatic hydroxyl groups is 1. The fourth-order valence-electron chi connectivity index (χ4n) is 4.48. The first kappa shape index (κ1) is 23.1. The van der Waals surface area contributed by atoms with Gasteiger partial charge in [0.2, 0.25) is 10.0 Å². The van der Waals surface area contributed by atoms with Crippen molar-refractivity contribution < 1.29 is 13.5 Å². The fourth-order valence-corrected chi connectivity index (χ4v) is 5.67. The van der Waals surface area contributed by atoms with E-state index in [9.17, 15) is 18.8 Å². The number of sulfonamides is 1. The van der Waals surface area contributed by atoms with Gasteiger partial charge < -0.3 is 15.0 Å². The molecular weight excluding hydrogens is 462 g/mol. The summed E-state index contributed by atoms with van der Waals surface area (Å²) in [5.74, 6) is 0. The molecule has 0 saturated carbocycles. The Hall–Kier alpha value is -3.71. The first-order valence-corrected chi connectivity index (χ1v) is 12.7. The van der Waals surface area contributed by atoms with E-state index >= 15 is 0 Å². The second-order valence-electron chi connectivity index (χ2n) is 8.79. The molecule has 1 saturated heterocycles. The van der Waals surface area contributed by atoms with Gasteiger partial charge in [-0.05, 0) is 54.4 Å². The van der Waals surface area contributed by atoms with Gasteiger partial charge in [-0.1, -0.05) is 12.1 Å². The number of anilines is 1. The molecule has 0 spiro atoms. The monoisotopic (exact) mass is 487 g/mol. The van der Waals surface area contributed by atoms with Crippen LogP contribution in [0.5, 0.6) is 0 Å². The lowest BCUT2D eigenvalue weighted by Crippen LogP contribution is -2.27. The van der Waals surface area contributed by atoms with Gasteiger partial charge in [0, 0.05) is 66.9 Å². The minimum atomic E-state index is -3.78. The number of nitriles is 1. The molecule has 1 aliphatic rings. The number of fused-ring (bicyclic) bond motifs is 1. The number of benzene rings is 2. The number of β-amino-alcohol motifs (C(OH)–C–C–N with tert-alkyl or cyclic N) is 1. The summed E-state index contributed by atoms with van der Waals surface area (Å²) >= 11 is 0. The van der Waals surface area contributed by atoms with Crippen molar-refractivity contribution in [2.45, 2.75) is 24.0 Å². The largest absolute Gasteiger partial charge is 0.391 e. The Morgan fingerprint density at radius 1 is 1.23 bits per heavy atom. The molecule has 0 radical (unpaired) electrons. The summed E-state index contributed by atoms with van der Waals surface area (Å²) in [6.07, 6.45) is 3.54. The third-order valence-corrected chi connectivity index (χ3v) is 8.15. The number of aromatic nitrogens is 2. The molecule has 8 nitrogen and oxygen atoms in total. The highest BCUT2D eigenvalue weighted by Gasteiger charge is 2.27. The van der Waals surface area contributed by atoms with Crippen molar-refractivity contribution >= 4 is 26.6 Å². The zero-order valence-corrected chi connectivity index (χ0v) is 20.0. The highest BCUT2D eigenvalue weighted by molar-refractivity contribution is 7.89. The summed E-state index contributed by atoms with van der Waals surface area (Å²) in [4.78, 5) is 9.67. The van der Waals surface area contributed by atoms with Crippen LogP contribution in [0.25, 0.3) is 22.2 Å². The molecule has 3 heterocycles. The first-order chi connectivity index (χ1) is 16.8. The van der Waals surface area contributed by atoms with Crippen molar-refractivity contribution in [3.05, 3.63) is 78.1 Å². The zero-order chi connectivity index (χ0) is 24.6. The summed E-state index contributed by atoms with van der Waals surface area (Å²) in [6, 6.07) is 18.2. The molecule has 1 aliphatic heterocycles. The van der Waals surface area contributed by atoms with Gasteiger partial charge in [0.15, 0.2) is 0 Å². The quantitative estimate of drug-likeness (QED) is 0.430. The second-order valence-corrected chi connectivity index (χ2v) is 10.8. The van der Waals surface area contributed by atoms with Crippen LogP contribution in [-0.2, 0) is 16.6 Å². The molecule has 1 atom stereocenters. The van der Waals surface area contributed by atoms with Crippen LogP contribution in [0, 0.1) is 11.3 Å². The highest BCUT2D eigenvalue weighted by atomic mass is 32.2. The van der Waals surface area contributed by atoms with Crippen molar-refractivity contribution in [3.63, 3.8) is 0 Å². The number of aromatic amines is 1. The third-order valence-electron chi connectivity index (χ3n) is 6.35. The summed E-state index contributed by atoms with van der Waals surface area (Å²) in [6.45, 7) is 1.37. The number of hydrogen-bond acceptors (Lipinski definition) is 6. The molecule has 1 fully saturated rings. The lowest BCUT2D eigenvalue weighted by molar-refractivity contribution is 0.198. The van der Waals surface area contributed by atoms with Gasteiger partial charge in [-0.3, -0.25) is 4.98 Å². The summed E-state index contributed by atoms with van der Waals surface area (Å²) < 4.78 is 28.2. The predicted molar refractivity (Wildman–Crippen MR) is 134 cm³/mol. The standard InChI is InChI=1S/C26H25N5O3S/c1-30(16-19-3-2-9-28-15-19)35(33,34)22-6-7-26(31-10-8-21(32)17-31)23(13-22)25-12-20-5-4-18(14-27)11-24(20)29-25/h2-7,9,11-13,15,21,29,32H,8,10,16-17H2,1H3/t21-/m0/s1.